The van der Waals surface area contributed by atoms with Gasteiger partial charge in [0.1, 0.15) is 6.04 Å². The molecule has 6 heteroatoms. The Labute approximate surface area is 69.7 Å². The molecule has 1 fully saturated rings. The van der Waals surface area contributed by atoms with Gasteiger partial charge >= 0.3 is 5.97 Å². The van der Waals surface area contributed by atoms with Gasteiger partial charge in [-0.05, 0) is 7.05 Å². The molecule has 12 heavy (non-hydrogen) atoms. The van der Waals surface area contributed by atoms with E-state index in [9.17, 15) is 9.70 Å². The topological polar surface area (TPSA) is 73.2 Å². The van der Waals surface area contributed by atoms with Gasteiger partial charge in [0.05, 0.1) is 18.4 Å². The molecule has 6 nitrogen and oxygen atoms in total. The van der Waals surface area contributed by atoms with Crippen molar-refractivity contribution >= 4 is 5.97 Å². The van der Waals surface area contributed by atoms with Gasteiger partial charge in [0, 0.05) is 6.54 Å². The number of piperazine rings is 1. The van der Waals surface area contributed by atoms with E-state index in [0.717, 1.165) is 0 Å². The van der Waals surface area contributed by atoms with E-state index in [0.29, 0.717) is 13.1 Å². The Morgan fingerprint density at radius 1 is 1.58 bits per heavy atom. The minimum Gasteiger partial charge on any atom is -0.480 e. The Morgan fingerprint density at radius 3 is 2.75 bits per heavy atom. The maximum absolute atomic E-state index is 10.6. The highest BCUT2D eigenvalue weighted by Gasteiger charge is 2.29. The predicted molar refractivity (Wildman–Crippen MR) is 41.4 cm³/mol. The summed E-state index contributed by atoms with van der Waals surface area (Å²) in [5.74, 6) is -0.911. The molecule has 0 amide bonds. The van der Waals surface area contributed by atoms with Crippen LogP contribution in [0.3, 0.4) is 0 Å². The van der Waals surface area contributed by atoms with Crippen LogP contribution in [0.15, 0.2) is 5.29 Å². The van der Waals surface area contributed by atoms with E-state index in [1.165, 1.54) is 5.01 Å². The second-order valence-corrected chi connectivity index (χ2v) is 2.83. The summed E-state index contributed by atoms with van der Waals surface area (Å²) in [6, 6.07) is -0.614. The third-order valence-electron chi connectivity index (χ3n) is 2.03. The number of carboxylic acids is 1. The molecule has 68 valence electrons. The summed E-state index contributed by atoms with van der Waals surface area (Å²) in [5, 5.41) is 12.7. The maximum atomic E-state index is 10.6. The van der Waals surface area contributed by atoms with Crippen molar-refractivity contribution in [2.45, 2.75) is 6.04 Å². The molecular formula is C6H11N3O3. The smallest absolute Gasteiger partial charge is 0.322 e. The van der Waals surface area contributed by atoms with Crippen LogP contribution < -0.4 is 0 Å². The van der Waals surface area contributed by atoms with Crippen molar-refractivity contribution in [2.75, 3.05) is 26.7 Å². The molecule has 1 N–H and O–H groups in total. The molecule has 1 aliphatic heterocycles. The van der Waals surface area contributed by atoms with Gasteiger partial charge < -0.3 is 5.11 Å². The van der Waals surface area contributed by atoms with E-state index >= 15 is 0 Å². The molecule has 0 aromatic rings. The van der Waals surface area contributed by atoms with Crippen LogP contribution in [0.4, 0.5) is 0 Å². The lowest BCUT2D eigenvalue weighted by molar-refractivity contribution is -0.145. The largest absolute Gasteiger partial charge is 0.480 e. The lowest BCUT2D eigenvalue weighted by Gasteiger charge is -2.33. The summed E-state index contributed by atoms with van der Waals surface area (Å²) < 4.78 is 0. The van der Waals surface area contributed by atoms with E-state index in [-0.39, 0.29) is 6.54 Å². The van der Waals surface area contributed by atoms with Crippen LogP contribution in [0.2, 0.25) is 0 Å². The standard InChI is InChI=1S/C6H11N3O3/c1-8-2-3-9(7-12)4-5(8)6(10)11/h5H,2-4H2,1H3,(H,10,11). The normalized spacial score (nSPS) is 25.4. The molecule has 1 aliphatic rings. The van der Waals surface area contributed by atoms with Gasteiger partial charge in [-0.15, -0.1) is 4.91 Å². The van der Waals surface area contributed by atoms with E-state index in [2.05, 4.69) is 5.29 Å². The second-order valence-electron chi connectivity index (χ2n) is 2.83. The first-order valence-electron chi connectivity index (χ1n) is 3.66. The van der Waals surface area contributed by atoms with E-state index in [4.69, 9.17) is 5.11 Å². The Kier molecular flexibility index (Phi) is 2.59. The first-order valence-corrected chi connectivity index (χ1v) is 3.66. The summed E-state index contributed by atoms with van der Waals surface area (Å²) in [7, 11) is 1.72. The van der Waals surface area contributed by atoms with E-state index < -0.39 is 12.0 Å². The highest BCUT2D eigenvalue weighted by molar-refractivity contribution is 5.73. The van der Waals surface area contributed by atoms with Gasteiger partial charge in [-0.3, -0.25) is 14.7 Å². The van der Waals surface area contributed by atoms with Gasteiger partial charge in [0.15, 0.2) is 0 Å². The Hall–Kier alpha value is -1.17. The summed E-state index contributed by atoms with van der Waals surface area (Å²) in [4.78, 5) is 22.4. The molecule has 1 heterocycles. The fourth-order valence-corrected chi connectivity index (χ4v) is 1.20. The van der Waals surface area contributed by atoms with Crippen molar-refractivity contribution in [3.8, 4) is 0 Å². The summed E-state index contributed by atoms with van der Waals surface area (Å²) in [5.41, 5.74) is 0. The number of hydrogen-bond donors (Lipinski definition) is 1. The molecule has 1 unspecified atom stereocenters. The molecule has 1 saturated heterocycles. The number of hydrogen-bond acceptors (Lipinski definition) is 4. The molecule has 0 bridgehead atoms. The van der Waals surface area contributed by atoms with Crippen molar-refractivity contribution in [1.29, 1.82) is 0 Å². The fourth-order valence-electron chi connectivity index (χ4n) is 1.20. The van der Waals surface area contributed by atoms with Crippen LogP contribution in [0, 0.1) is 4.91 Å². The number of carbonyl (C=O) groups is 1. The molecule has 0 saturated carbocycles. The van der Waals surface area contributed by atoms with Gasteiger partial charge in [0.25, 0.3) is 0 Å². The average Bonchev–Trinajstić information content (AvgIpc) is 2.05. The lowest BCUT2D eigenvalue weighted by Crippen LogP contribution is -2.53. The second kappa shape index (κ2) is 3.48. The Morgan fingerprint density at radius 2 is 2.25 bits per heavy atom. The van der Waals surface area contributed by atoms with Crippen LogP contribution >= 0.6 is 0 Å². The quantitative estimate of drug-likeness (QED) is 0.563. The predicted octanol–water partition coefficient (Wildman–Crippen LogP) is -0.632. The zero-order valence-electron chi connectivity index (χ0n) is 6.80. The summed E-state index contributed by atoms with van der Waals surface area (Å²) >= 11 is 0. The van der Waals surface area contributed by atoms with Crippen molar-refractivity contribution < 1.29 is 9.90 Å². The molecular weight excluding hydrogens is 162 g/mol. The van der Waals surface area contributed by atoms with Gasteiger partial charge in [-0.2, -0.15) is 0 Å². The molecule has 1 rings (SSSR count). The minimum absolute atomic E-state index is 0.176. The Balaban J connectivity index is 2.58. The van der Waals surface area contributed by atoms with Crippen LogP contribution in [0.1, 0.15) is 0 Å². The van der Waals surface area contributed by atoms with Crippen LogP contribution in [0.5, 0.6) is 0 Å². The molecule has 0 aliphatic carbocycles. The first kappa shape index (κ1) is 8.92. The SMILES string of the molecule is CN1CCN(N=O)CC1C(=O)O. The van der Waals surface area contributed by atoms with Crippen molar-refractivity contribution in [3.63, 3.8) is 0 Å². The number of rotatable bonds is 2. The number of aliphatic carboxylic acids is 1. The minimum atomic E-state index is -0.911. The van der Waals surface area contributed by atoms with E-state index in [1.807, 2.05) is 0 Å². The van der Waals surface area contributed by atoms with Gasteiger partial charge in [-0.25, -0.2) is 0 Å². The van der Waals surface area contributed by atoms with Crippen LogP contribution in [0.25, 0.3) is 0 Å². The molecule has 0 radical (unpaired) electrons. The number of likely N-dealkylation sites (N-methyl/N-ethyl adjacent to an activating group) is 1. The van der Waals surface area contributed by atoms with Crippen LogP contribution in [-0.2, 0) is 4.79 Å². The van der Waals surface area contributed by atoms with Crippen molar-refractivity contribution in [3.05, 3.63) is 4.91 Å². The Bertz CT molecular complexity index is 196. The van der Waals surface area contributed by atoms with E-state index in [1.54, 1.807) is 11.9 Å². The zero-order chi connectivity index (χ0) is 9.14. The molecule has 0 aromatic carbocycles. The summed E-state index contributed by atoms with van der Waals surface area (Å²) in [6.45, 7) is 1.24. The molecule has 0 aromatic heterocycles. The molecule has 1 atom stereocenters. The van der Waals surface area contributed by atoms with Crippen molar-refractivity contribution in [2.24, 2.45) is 5.29 Å². The number of carboxylic acid groups (broad SMARTS) is 1. The molecule has 0 spiro atoms. The summed E-state index contributed by atoms with van der Waals surface area (Å²) in [6.07, 6.45) is 0. The van der Waals surface area contributed by atoms with Gasteiger partial charge in [0.2, 0.25) is 0 Å². The number of nitroso groups, excluding NO2 is 1. The zero-order valence-corrected chi connectivity index (χ0v) is 6.80. The van der Waals surface area contributed by atoms with Crippen molar-refractivity contribution in [1.82, 2.24) is 9.91 Å². The average molecular weight is 173 g/mol. The highest BCUT2D eigenvalue weighted by Crippen LogP contribution is 2.07. The third-order valence-corrected chi connectivity index (χ3v) is 2.03. The fraction of sp³-hybridized carbons (Fsp3) is 0.833. The lowest BCUT2D eigenvalue weighted by atomic mass is 10.2. The first-order chi connectivity index (χ1) is 5.65. The number of nitrogens with zero attached hydrogens (tertiary/aromatic N) is 3. The maximum Gasteiger partial charge on any atom is 0.322 e. The third kappa shape index (κ3) is 1.70. The van der Waals surface area contributed by atoms with Gasteiger partial charge in [-0.1, -0.05) is 0 Å². The van der Waals surface area contributed by atoms with Crippen LogP contribution in [-0.4, -0.2) is 53.7 Å². The highest BCUT2D eigenvalue weighted by atomic mass is 16.4. The monoisotopic (exact) mass is 173 g/mol.